The molecule has 9 heteroatoms. The van der Waals surface area contributed by atoms with Crippen molar-refractivity contribution in [2.24, 2.45) is 11.5 Å². The third-order valence-electron chi connectivity index (χ3n) is 2.71. The minimum Gasteiger partial charge on any atom is -0.387 e. The summed E-state index contributed by atoms with van der Waals surface area (Å²) in [5.74, 6) is -1.63. The van der Waals surface area contributed by atoms with Gasteiger partial charge in [0.05, 0.1) is 12.5 Å². The Morgan fingerprint density at radius 2 is 1.79 bits per heavy atom. The van der Waals surface area contributed by atoms with Gasteiger partial charge in [-0.1, -0.05) is 0 Å². The molecule has 1 aliphatic rings. The van der Waals surface area contributed by atoms with Crippen molar-refractivity contribution in [1.82, 2.24) is 0 Å². The fourth-order valence-electron chi connectivity index (χ4n) is 1.76. The zero-order chi connectivity index (χ0) is 14.7. The second kappa shape index (κ2) is 6.26. The highest BCUT2D eigenvalue weighted by Gasteiger charge is 2.47. The number of carbonyl (C=O) groups is 2. The van der Waals surface area contributed by atoms with E-state index in [2.05, 4.69) is 0 Å². The van der Waals surface area contributed by atoms with Gasteiger partial charge >= 0.3 is 0 Å². The molecule has 0 spiro atoms. The summed E-state index contributed by atoms with van der Waals surface area (Å²) in [5.41, 5.74) is 9.96. The second-order valence-corrected chi connectivity index (χ2v) is 4.42. The van der Waals surface area contributed by atoms with Gasteiger partial charge in [0.2, 0.25) is 11.8 Å². The molecule has 110 valence electrons. The van der Waals surface area contributed by atoms with Gasteiger partial charge in [-0.05, 0) is 6.92 Å². The van der Waals surface area contributed by atoms with E-state index >= 15 is 0 Å². The van der Waals surface area contributed by atoms with Gasteiger partial charge in [-0.3, -0.25) is 9.59 Å². The monoisotopic (exact) mass is 278 g/mol. The van der Waals surface area contributed by atoms with Crippen molar-refractivity contribution in [3.05, 3.63) is 0 Å². The van der Waals surface area contributed by atoms with E-state index in [1.54, 1.807) is 0 Å². The Hall–Kier alpha value is -1.26. The van der Waals surface area contributed by atoms with Crippen LogP contribution in [0.25, 0.3) is 0 Å². The lowest BCUT2D eigenvalue weighted by Gasteiger charge is -2.39. The molecule has 7 N–H and O–H groups in total. The fraction of sp³-hybridized carbons (Fsp3) is 0.800. The van der Waals surface area contributed by atoms with Crippen LogP contribution in [0, 0.1) is 0 Å². The molecular formula is C10H18N2O7. The Morgan fingerprint density at radius 3 is 2.26 bits per heavy atom. The molecule has 0 aromatic carbocycles. The first kappa shape index (κ1) is 15.8. The van der Waals surface area contributed by atoms with E-state index < -0.39 is 48.6 Å². The number of primary amides is 2. The van der Waals surface area contributed by atoms with Gasteiger partial charge in [-0.15, -0.1) is 0 Å². The zero-order valence-electron chi connectivity index (χ0n) is 10.3. The standard InChI is InChI=1S/C10H18N2O7/c1-3(2-4(11)13)18-10-7(16)5(14)6(15)8(19-10)9(12)17/h3,5-8,10,14-16H,2H2,1H3,(H2,11,13)(H2,12,17)/t3?,5?,6-,7?,8?,10-/m0/s1. The van der Waals surface area contributed by atoms with Crippen LogP contribution in [-0.4, -0.2) is 63.9 Å². The van der Waals surface area contributed by atoms with Crippen molar-refractivity contribution in [2.75, 3.05) is 0 Å². The van der Waals surface area contributed by atoms with Crippen LogP contribution in [0.4, 0.5) is 0 Å². The Morgan fingerprint density at radius 1 is 1.21 bits per heavy atom. The molecule has 1 saturated heterocycles. The molecule has 1 rings (SSSR count). The second-order valence-electron chi connectivity index (χ2n) is 4.42. The van der Waals surface area contributed by atoms with Crippen LogP contribution in [0.5, 0.6) is 0 Å². The zero-order valence-corrected chi connectivity index (χ0v) is 10.3. The highest BCUT2D eigenvalue weighted by molar-refractivity contribution is 5.79. The van der Waals surface area contributed by atoms with Gasteiger partial charge in [0.25, 0.3) is 0 Å². The number of hydrogen-bond donors (Lipinski definition) is 5. The minimum atomic E-state index is -1.66. The summed E-state index contributed by atoms with van der Waals surface area (Å²) in [5, 5.41) is 28.7. The van der Waals surface area contributed by atoms with E-state index in [1.165, 1.54) is 6.92 Å². The summed E-state index contributed by atoms with van der Waals surface area (Å²) >= 11 is 0. The Balaban J connectivity index is 2.71. The van der Waals surface area contributed by atoms with Crippen LogP contribution in [0.1, 0.15) is 13.3 Å². The maximum Gasteiger partial charge on any atom is 0.249 e. The van der Waals surface area contributed by atoms with E-state index in [4.69, 9.17) is 20.9 Å². The average Bonchev–Trinajstić information content (AvgIpc) is 2.28. The predicted octanol–water partition coefficient (Wildman–Crippen LogP) is -3.44. The van der Waals surface area contributed by atoms with E-state index in [0.717, 1.165) is 0 Å². The van der Waals surface area contributed by atoms with Gasteiger partial charge in [-0.2, -0.15) is 0 Å². The lowest BCUT2D eigenvalue weighted by molar-refractivity contribution is -0.299. The summed E-state index contributed by atoms with van der Waals surface area (Å²) in [7, 11) is 0. The third kappa shape index (κ3) is 3.85. The summed E-state index contributed by atoms with van der Waals surface area (Å²) in [4.78, 5) is 21.7. The van der Waals surface area contributed by atoms with E-state index in [1.807, 2.05) is 0 Å². The maximum atomic E-state index is 11.0. The molecular weight excluding hydrogens is 260 g/mol. The van der Waals surface area contributed by atoms with Crippen molar-refractivity contribution >= 4 is 11.8 Å². The number of hydrogen-bond acceptors (Lipinski definition) is 7. The van der Waals surface area contributed by atoms with Crippen LogP contribution in [0.3, 0.4) is 0 Å². The van der Waals surface area contributed by atoms with Crippen molar-refractivity contribution in [3.63, 3.8) is 0 Å². The molecule has 0 aromatic heterocycles. The quantitative estimate of drug-likeness (QED) is 0.349. The van der Waals surface area contributed by atoms with Crippen LogP contribution in [0.15, 0.2) is 0 Å². The first-order valence-electron chi connectivity index (χ1n) is 5.66. The number of carbonyl (C=O) groups excluding carboxylic acids is 2. The molecule has 0 radical (unpaired) electrons. The van der Waals surface area contributed by atoms with Crippen LogP contribution in [0.2, 0.25) is 0 Å². The molecule has 4 unspecified atom stereocenters. The molecule has 6 atom stereocenters. The van der Waals surface area contributed by atoms with E-state index in [0.29, 0.717) is 0 Å². The largest absolute Gasteiger partial charge is 0.387 e. The predicted molar refractivity (Wildman–Crippen MR) is 60.2 cm³/mol. The normalized spacial score (nSPS) is 36.7. The minimum absolute atomic E-state index is 0.132. The van der Waals surface area contributed by atoms with Crippen molar-refractivity contribution in [1.29, 1.82) is 0 Å². The van der Waals surface area contributed by atoms with Crippen molar-refractivity contribution in [2.45, 2.75) is 50.2 Å². The maximum absolute atomic E-state index is 11.0. The molecule has 9 nitrogen and oxygen atoms in total. The Labute approximate surface area is 109 Å². The molecule has 1 fully saturated rings. The molecule has 1 aliphatic heterocycles. The topological polar surface area (TPSA) is 165 Å². The van der Waals surface area contributed by atoms with Gasteiger partial charge < -0.3 is 36.3 Å². The van der Waals surface area contributed by atoms with Crippen LogP contribution >= 0.6 is 0 Å². The van der Waals surface area contributed by atoms with Crippen molar-refractivity contribution < 1.29 is 34.4 Å². The molecule has 1 heterocycles. The van der Waals surface area contributed by atoms with Gasteiger partial charge in [0, 0.05) is 0 Å². The average molecular weight is 278 g/mol. The number of nitrogens with two attached hydrogens (primary N) is 2. The number of aliphatic hydroxyl groups is 3. The number of ether oxygens (including phenoxy) is 2. The molecule has 0 saturated carbocycles. The lowest BCUT2D eigenvalue weighted by Crippen LogP contribution is -2.61. The fourth-order valence-corrected chi connectivity index (χ4v) is 1.76. The molecule has 0 bridgehead atoms. The van der Waals surface area contributed by atoms with E-state index in [-0.39, 0.29) is 6.42 Å². The highest BCUT2D eigenvalue weighted by Crippen LogP contribution is 2.23. The highest BCUT2D eigenvalue weighted by atomic mass is 16.7. The Kier molecular flexibility index (Phi) is 5.20. The summed E-state index contributed by atoms with van der Waals surface area (Å²) in [6, 6.07) is 0. The van der Waals surface area contributed by atoms with Crippen molar-refractivity contribution in [3.8, 4) is 0 Å². The SMILES string of the molecule is CC(CC(N)=O)O[C@H]1OC(C(N)=O)[C@@H](O)C(O)C1O. The number of rotatable bonds is 5. The Bertz CT molecular complexity index is 351. The third-order valence-corrected chi connectivity index (χ3v) is 2.71. The van der Waals surface area contributed by atoms with Gasteiger partial charge in [0.1, 0.15) is 18.3 Å². The molecule has 19 heavy (non-hydrogen) atoms. The van der Waals surface area contributed by atoms with Gasteiger partial charge in [-0.25, -0.2) is 0 Å². The first-order valence-corrected chi connectivity index (χ1v) is 5.66. The van der Waals surface area contributed by atoms with E-state index in [9.17, 15) is 24.9 Å². The van der Waals surface area contributed by atoms with Crippen LogP contribution < -0.4 is 11.5 Å². The summed E-state index contributed by atoms with van der Waals surface area (Å²) in [6.45, 7) is 1.50. The molecule has 0 aromatic rings. The van der Waals surface area contributed by atoms with Crippen LogP contribution in [-0.2, 0) is 19.1 Å². The number of amides is 2. The molecule has 0 aliphatic carbocycles. The number of aliphatic hydroxyl groups excluding tert-OH is 3. The smallest absolute Gasteiger partial charge is 0.249 e. The lowest BCUT2D eigenvalue weighted by atomic mass is 9.98. The molecule has 2 amide bonds. The van der Waals surface area contributed by atoms with Gasteiger partial charge in [0.15, 0.2) is 12.4 Å². The first-order chi connectivity index (χ1) is 8.73. The summed E-state index contributed by atoms with van der Waals surface area (Å²) in [6.07, 6.45) is -8.63. The summed E-state index contributed by atoms with van der Waals surface area (Å²) < 4.78 is 10.1.